The lowest BCUT2D eigenvalue weighted by Crippen LogP contribution is -2.27. The zero-order chi connectivity index (χ0) is 11.5. The van der Waals surface area contributed by atoms with Gasteiger partial charge in [-0.25, -0.2) is 9.89 Å². The van der Waals surface area contributed by atoms with E-state index in [1.54, 1.807) is 18.2 Å². The molecule has 2 N–H and O–H groups in total. The normalized spacial score (nSPS) is 10.3. The maximum Gasteiger partial charge on any atom is 0.342 e. The highest BCUT2D eigenvalue weighted by Crippen LogP contribution is 2.16. The summed E-state index contributed by atoms with van der Waals surface area (Å²) in [6.45, 7) is 0. The average molecular weight is 238 g/mol. The van der Waals surface area contributed by atoms with Crippen LogP contribution in [0.4, 0.5) is 0 Å². The Morgan fingerprint density at radius 2 is 2.00 bits per heavy atom. The molecule has 0 saturated carbocycles. The van der Waals surface area contributed by atoms with E-state index in [4.69, 9.17) is 11.6 Å². The van der Waals surface area contributed by atoms with Crippen molar-refractivity contribution in [2.75, 3.05) is 0 Å². The lowest BCUT2D eigenvalue weighted by molar-refractivity contribution is 0.828. The van der Waals surface area contributed by atoms with E-state index in [0.717, 1.165) is 5.56 Å². The number of H-pyrrole nitrogens is 2. The molecule has 0 spiro atoms. The molecular weight excluding hydrogens is 230 g/mol. The molecule has 0 aliphatic rings. The maximum atomic E-state index is 11.4. The molecule has 0 unspecified atom stereocenters. The van der Waals surface area contributed by atoms with Crippen LogP contribution in [0, 0.1) is 0 Å². The fourth-order valence-corrected chi connectivity index (χ4v) is 1.52. The molecule has 5 nitrogen and oxygen atoms in total. The van der Waals surface area contributed by atoms with E-state index in [2.05, 4.69) is 15.2 Å². The largest absolute Gasteiger partial charge is 0.342 e. The summed E-state index contributed by atoms with van der Waals surface area (Å²) < 4.78 is 0. The average Bonchev–Trinajstić information content (AvgIpc) is 2.25. The van der Waals surface area contributed by atoms with Crippen LogP contribution >= 0.6 is 11.6 Å². The second kappa shape index (κ2) is 4.32. The van der Waals surface area contributed by atoms with Gasteiger partial charge in [0.1, 0.15) is 5.69 Å². The van der Waals surface area contributed by atoms with Crippen LogP contribution in [0.15, 0.2) is 33.9 Å². The van der Waals surface area contributed by atoms with E-state index in [0.29, 0.717) is 5.02 Å². The third-order valence-corrected chi connectivity index (χ3v) is 2.47. The van der Waals surface area contributed by atoms with Gasteiger partial charge in [-0.05, 0) is 11.6 Å². The van der Waals surface area contributed by atoms with Crippen molar-refractivity contribution >= 4 is 11.6 Å². The molecule has 0 radical (unpaired) electrons. The topological polar surface area (TPSA) is 78.6 Å². The molecule has 0 aliphatic carbocycles. The van der Waals surface area contributed by atoms with Gasteiger partial charge in [-0.2, -0.15) is 5.10 Å². The molecule has 0 fully saturated rings. The van der Waals surface area contributed by atoms with Crippen molar-refractivity contribution in [2.24, 2.45) is 0 Å². The van der Waals surface area contributed by atoms with Crippen molar-refractivity contribution < 1.29 is 0 Å². The monoisotopic (exact) mass is 237 g/mol. The van der Waals surface area contributed by atoms with Gasteiger partial charge in [-0.15, -0.1) is 0 Å². The number of hydrogen-bond donors (Lipinski definition) is 2. The number of halogens is 1. The number of benzene rings is 1. The van der Waals surface area contributed by atoms with Crippen LogP contribution in [-0.2, 0) is 6.42 Å². The Hall–Kier alpha value is -1.88. The second-order valence-corrected chi connectivity index (χ2v) is 3.63. The zero-order valence-electron chi connectivity index (χ0n) is 8.16. The summed E-state index contributed by atoms with van der Waals surface area (Å²) in [6, 6.07) is 7.16. The molecule has 1 aromatic carbocycles. The minimum atomic E-state index is -0.618. The van der Waals surface area contributed by atoms with Gasteiger partial charge < -0.3 is 0 Å². The Balaban J connectivity index is 2.38. The van der Waals surface area contributed by atoms with Crippen molar-refractivity contribution in [3.8, 4) is 0 Å². The van der Waals surface area contributed by atoms with Gasteiger partial charge in [0.25, 0.3) is 5.56 Å². The molecule has 16 heavy (non-hydrogen) atoms. The van der Waals surface area contributed by atoms with Gasteiger partial charge in [0, 0.05) is 11.4 Å². The van der Waals surface area contributed by atoms with Crippen LogP contribution in [0.2, 0.25) is 5.02 Å². The second-order valence-electron chi connectivity index (χ2n) is 3.22. The molecule has 0 aliphatic heterocycles. The van der Waals surface area contributed by atoms with Gasteiger partial charge in [0.15, 0.2) is 0 Å². The maximum absolute atomic E-state index is 11.4. The first-order valence-electron chi connectivity index (χ1n) is 4.58. The first-order valence-corrected chi connectivity index (χ1v) is 4.96. The number of hydrogen-bond acceptors (Lipinski definition) is 3. The van der Waals surface area contributed by atoms with Crippen LogP contribution in [-0.4, -0.2) is 15.2 Å². The molecule has 0 amide bonds. The van der Waals surface area contributed by atoms with Crippen molar-refractivity contribution in [3.63, 3.8) is 0 Å². The molecule has 0 atom stereocenters. The molecule has 0 bridgehead atoms. The lowest BCUT2D eigenvalue weighted by Gasteiger charge is -2.01. The SMILES string of the molecule is O=c1[nH]nc(Cc2ccccc2Cl)c(=O)[nH]1. The van der Waals surface area contributed by atoms with E-state index in [-0.39, 0.29) is 12.1 Å². The highest BCUT2D eigenvalue weighted by Gasteiger charge is 2.06. The third-order valence-electron chi connectivity index (χ3n) is 2.10. The number of nitrogens with zero attached hydrogens (tertiary/aromatic N) is 1. The van der Waals surface area contributed by atoms with Gasteiger partial charge in [0.05, 0.1) is 0 Å². The number of rotatable bonds is 2. The lowest BCUT2D eigenvalue weighted by atomic mass is 10.1. The first-order chi connectivity index (χ1) is 7.66. The van der Waals surface area contributed by atoms with Gasteiger partial charge in [0.2, 0.25) is 0 Å². The molecule has 1 heterocycles. The first kappa shape index (κ1) is 10.6. The summed E-state index contributed by atoms with van der Waals surface area (Å²) in [6.07, 6.45) is 0.284. The zero-order valence-corrected chi connectivity index (χ0v) is 8.91. The van der Waals surface area contributed by atoms with Crippen molar-refractivity contribution in [1.29, 1.82) is 0 Å². The number of aromatic nitrogens is 3. The van der Waals surface area contributed by atoms with Crippen LogP contribution in [0.25, 0.3) is 0 Å². The quantitative estimate of drug-likeness (QED) is 0.807. The summed E-state index contributed by atoms with van der Waals surface area (Å²) in [7, 11) is 0. The highest BCUT2D eigenvalue weighted by atomic mass is 35.5. The Morgan fingerprint density at radius 3 is 2.69 bits per heavy atom. The van der Waals surface area contributed by atoms with E-state index >= 15 is 0 Å². The standard InChI is InChI=1S/C10H8ClN3O2/c11-7-4-2-1-3-6(7)5-8-9(15)12-10(16)14-13-8/h1-4H,5H2,(H2,12,14,15,16). The molecule has 6 heteroatoms. The molecule has 1 aromatic heterocycles. The third kappa shape index (κ3) is 2.20. The molecule has 82 valence electrons. The Morgan fingerprint density at radius 1 is 1.25 bits per heavy atom. The fourth-order valence-electron chi connectivity index (χ4n) is 1.31. The summed E-state index contributed by atoms with van der Waals surface area (Å²) in [5.41, 5.74) is -0.0986. The molecule has 0 saturated heterocycles. The summed E-state index contributed by atoms with van der Waals surface area (Å²) in [5, 5.41) is 6.42. The predicted octanol–water partition coefficient (Wildman–Crippen LogP) is 0.702. The van der Waals surface area contributed by atoms with Crippen LogP contribution in [0.1, 0.15) is 11.3 Å². The summed E-state index contributed by atoms with van der Waals surface area (Å²) in [5.74, 6) is 0. The van der Waals surface area contributed by atoms with E-state index in [1.165, 1.54) is 0 Å². The number of aromatic amines is 2. The van der Waals surface area contributed by atoms with Crippen molar-refractivity contribution in [1.82, 2.24) is 15.2 Å². The van der Waals surface area contributed by atoms with Crippen LogP contribution in [0.3, 0.4) is 0 Å². The minimum Gasteiger partial charge on any atom is -0.271 e. The Kier molecular flexibility index (Phi) is 2.87. The molecule has 2 aromatic rings. The molecule has 2 rings (SSSR count). The van der Waals surface area contributed by atoms with E-state index in [9.17, 15) is 9.59 Å². The predicted molar refractivity (Wildman–Crippen MR) is 59.7 cm³/mol. The fraction of sp³-hybridized carbons (Fsp3) is 0.100. The van der Waals surface area contributed by atoms with Gasteiger partial charge >= 0.3 is 5.69 Å². The summed E-state index contributed by atoms with van der Waals surface area (Å²) >= 11 is 5.95. The Labute approximate surface area is 95.1 Å². The molecular formula is C10H8ClN3O2. The van der Waals surface area contributed by atoms with Crippen LogP contribution < -0.4 is 11.2 Å². The Bertz CT molecular complexity index is 618. The van der Waals surface area contributed by atoms with Crippen LogP contribution in [0.5, 0.6) is 0 Å². The number of nitrogens with one attached hydrogen (secondary N) is 2. The minimum absolute atomic E-state index is 0.229. The van der Waals surface area contributed by atoms with Crippen molar-refractivity contribution in [3.05, 3.63) is 61.4 Å². The summed E-state index contributed by atoms with van der Waals surface area (Å²) in [4.78, 5) is 24.2. The van der Waals surface area contributed by atoms with Gasteiger partial charge in [-0.1, -0.05) is 29.8 Å². The van der Waals surface area contributed by atoms with Crippen molar-refractivity contribution in [2.45, 2.75) is 6.42 Å². The van der Waals surface area contributed by atoms with Gasteiger partial charge in [-0.3, -0.25) is 9.78 Å². The highest BCUT2D eigenvalue weighted by molar-refractivity contribution is 6.31. The smallest absolute Gasteiger partial charge is 0.271 e. The van der Waals surface area contributed by atoms with E-state index < -0.39 is 11.2 Å². The van der Waals surface area contributed by atoms with E-state index in [1.807, 2.05) is 6.07 Å².